The van der Waals surface area contributed by atoms with Crippen molar-refractivity contribution in [3.8, 4) is 5.75 Å². The van der Waals surface area contributed by atoms with Crippen molar-refractivity contribution in [2.75, 3.05) is 46.5 Å². The van der Waals surface area contributed by atoms with Crippen LogP contribution in [0.3, 0.4) is 0 Å². The maximum atomic E-state index is 5.69. The predicted octanol–water partition coefficient (Wildman–Crippen LogP) is 2.73. The fraction of sp³-hybridized carbons (Fsp3) is 0.650. The summed E-state index contributed by atoms with van der Waals surface area (Å²) in [7, 11) is 1.81. The third-order valence-corrected chi connectivity index (χ3v) is 4.71. The van der Waals surface area contributed by atoms with Crippen LogP contribution in [-0.2, 0) is 11.3 Å². The highest BCUT2D eigenvalue weighted by Gasteiger charge is 2.23. The SMILES string of the molecule is CCOc1ccccc1CNC(=NC)NCC(C(C)C)N1CCOCC1.I. The van der Waals surface area contributed by atoms with Crippen molar-refractivity contribution in [3.05, 3.63) is 29.8 Å². The Morgan fingerprint density at radius 2 is 1.93 bits per heavy atom. The van der Waals surface area contributed by atoms with Crippen LogP contribution >= 0.6 is 24.0 Å². The highest BCUT2D eigenvalue weighted by atomic mass is 127. The van der Waals surface area contributed by atoms with E-state index in [1.54, 1.807) is 0 Å². The first kappa shape index (κ1) is 24.0. The maximum Gasteiger partial charge on any atom is 0.191 e. The van der Waals surface area contributed by atoms with Gasteiger partial charge in [-0.05, 0) is 18.9 Å². The molecule has 1 aromatic rings. The minimum absolute atomic E-state index is 0. The number of hydrogen-bond donors (Lipinski definition) is 2. The van der Waals surface area contributed by atoms with Gasteiger partial charge in [0.1, 0.15) is 5.75 Å². The minimum atomic E-state index is 0. The smallest absolute Gasteiger partial charge is 0.191 e. The molecule has 0 aromatic heterocycles. The molecule has 1 unspecified atom stereocenters. The van der Waals surface area contributed by atoms with Gasteiger partial charge >= 0.3 is 0 Å². The maximum absolute atomic E-state index is 5.69. The quantitative estimate of drug-likeness (QED) is 0.334. The van der Waals surface area contributed by atoms with Crippen molar-refractivity contribution in [1.29, 1.82) is 0 Å². The number of aliphatic imine (C=N–C) groups is 1. The largest absolute Gasteiger partial charge is 0.494 e. The van der Waals surface area contributed by atoms with Gasteiger partial charge in [-0.3, -0.25) is 9.89 Å². The second kappa shape index (κ2) is 13.2. The summed E-state index contributed by atoms with van der Waals surface area (Å²) in [6, 6.07) is 8.58. The predicted molar refractivity (Wildman–Crippen MR) is 122 cm³/mol. The lowest BCUT2D eigenvalue weighted by Crippen LogP contribution is -2.52. The van der Waals surface area contributed by atoms with Crippen molar-refractivity contribution in [1.82, 2.24) is 15.5 Å². The van der Waals surface area contributed by atoms with E-state index in [-0.39, 0.29) is 24.0 Å². The van der Waals surface area contributed by atoms with Gasteiger partial charge in [-0.1, -0.05) is 32.0 Å². The number of hydrogen-bond acceptors (Lipinski definition) is 4. The molecule has 2 N–H and O–H groups in total. The molecule has 154 valence electrons. The van der Waals surface area contributed by atoms with E-state index in [4.69, 9.17) is 9.47 Å². The summed E-state index contributed by atoms with van der Waals surface area (Å²) >= 11 is 0. The number of benzene rings is 1. The fourth-order valence-electron chi connectivity index (χ4n) is 3.24. The topological polar surface area (TPSA) is 58.1 Å². The molecule has 0 radical (unpaired) electrons. The van der Waals surface area contributed by atoms with E-state index in [1.165, 1.54) is 0 Å². The Balaban J connectivity index is 0.00000364. The molecule has 1 aliphatic heterocycles. The van der Waals surface area contributed by atoms with Gasteiger partial charge in [0.2, 0.25) is 0 Å². The number of morpholine rings is 1. The molecule has 1 aromatic carbocycles. The Morgan fingerprint density at radius 3 is 2.56 bits per heavy atom. The van der Waals surface area contributed by atoms with Crippen LogP contribution in [0.15, 0.2) is 29.3 Å². The highest BCUT2D eigenvalue weighted by Crippen LogP contribution is 2.17. The number of ether oxygens (including phenoxy) is 2. The Bertz CT molecular complexity index is 563. The summed E-state index contributed by atoms with van der Waals surface area (Å²) in [5.74, 6) is 2.30. The highest BCUT2D eigenvalue weighted by molar-refractivity contribution is 14.0. The molecule has 0 bridgehead atoms. The normalized spacial score (nSPS) is 16.6. The number of nitrogens with one attached hydrogen (secondary N) is 2. The molecule has 7 heteroatoms. The molecule has 0 saturated carbocycles. The van der Waals surface area contributed by atoms with Gasteiger partial charge in [0.05, 0.1) is 19.8 Å². The van der Waals surface area contributed by atoms with Crippen LogP contribution in [0.2, 0.25) is 0 Å². The molecule has 1 heterocycles. The second-order valence-electron chi connectivity index (χ2n) is 6.81. The molecular formula is C20H35IN4O2. The van der Waals surface area contributed by atoms with Crippen molar-refractivity contribution in [2.24, 2.45) is 10.9 Å². The van der Waals surface area contributed by atoms with Crippen LogP contribution in [0.25, 0.3) is 0 Å². The zero-order valence-electron chi connectivity index (χ0n) is 17.0. The molecule has 1 saturated heterocycles. The average Bonchev–Trinajstić information content (AvgIpc) is 2.66. The van der Waals surface area contributed by atoms with Crippen molar-refractivity contribution < 1.29 is 9.47 Å². The lowest BCUT2D eigenvalue weighted by Gasteiger charge is -2.37. The van der Waals surface area contributed by atoms with Crippen molar-refractivity contribution >= 4 is 29.9 Å². The van der Waals surface area contributed by atoms with Crippen molar-refractivity contribution in [3.63, 3.8) is 0 Å². The number of halogens is 1. The lowest BCUT2D eigenvalue weighted by atomic mass is 10.0. The number of rotatable bonds is 8. The van der Waals surface area contributed by atoms with E-state index in [0.717, 1.165) is 50.1 Å². The van der Waals surface area contributed by atoms with Gasteiger partial charge in [0, 0.05) is 44.8 Å². The third kappa shape index (κ3) is 7.83. The van der Waals surface area contributed by atoms with E-state index in [9.17, 15) is 0 Å². The zero-order valence-corrected chi connectivity index (χ0v) is 19.4. The van der Waals surface area contributed by atoms with Gasteiger partial charge in [-0.25, -0.2) is 0 Å². The molecule has 2 rings (SSSR count). The first-order valence-corrected chi connectivity index (χ1v) is 9.62. The van der Waals surface area contributed by atoms with Crippen molar-refractivity contribution in [2.45, 2.75) is 33.4 Å². The number of guanidine groups is 1. The van der Waals surface area contributed by atoms with E-state index in [1.807, 2.05) is 32.2 Å². The molecule has 1 fully saturated rings. The molecule has 0 spiro atoms. The average molecular weight is 490 g/mol. The first-order chi connectivity index (χ1) is 12.7. The van der Waals surface area contributed by atoms with Crippen LogP contribution in [-0.4, -0.2) is 63.4 Å². The summed E-state index contributed by atoms with van der Waals surface area (Å²) < 4.78 is 11.2. The summed E-state index contributed by atoms with van der Waals surface area (Å²) in [6.45, 7) is 12.4. The van der Waals surface area contributed by atoms with Crippen LogP contribution in [0.1, 0.15) is 26.3 Å². The zero-order chi connectivity index (χ0) is 18.8. The van der Waals surface area contributed by atoms with E-state index in [0.29, 0.717) is 25.1 Å². The Hall–Kier alpha value is -1.06. The first-order valence-electron chi connectivity index (χ1n) is 9.62. The molecule has 6 nitrogen and oxygen atoms in total. The summed E-state index contributed by atoms with van der Waals surface area (Å²) in [5, 5.41) is 6.88. The molecule has 27 heavy (non-hydrogen) atoms. The lowest BCUT2D eigenvalue weighted by molar-refractivity contribution is 0.00752. The van der Waals surface area contributed by atoms with Gasteiger partial charge in [0.25, 0.3) is 0 Å². The second-order valence-corrected chi connectivity index (χ2v) is 6.81. The molecule has 0 aliphatic carbocycles. The molecular weight excluding hydrogens is 455 g/mol. The van der Waals surface area contributed by atoms with E-state index >= 15 is 0 Å². The van der Waals surface area contributed by atoms with Gasteiger partial charge in [-0.2, -0.15) is 0 Å². The Kier molecular flexibility index (Phi) is 11.7. The monoisotopic (exact) mass is 490 g/mol. The molecule has 1 aliphatic rings. The van der Waals surface area contributed by atoms with Crippen LogP contribution in [0.4, 0.5) is 0 Å². The van der Waals surface area contributed by atoms with Crippen LogP contribution in [0, 0.1) is 5.92 Å². The third-order valence-electron chi connectivity index (χ3n) is 4.71. The van der Waals surface area contributed by atoms with Gasteiger partial charge < -0.3 is 20.1 Å². The standard InChI is InChI=1S/C20H34N4O2.HI/c1-5-26-19-9-7-6-8-17(19)14-22-20(21-4)23-15-18(16(2)3)24-10-12-25-13-11-24;/h6-9,16,18H,5,10-15H2,1-4H3,(H2,21,22,23);1H. The van der Waals surface area contributed by atoms with Crippen LogP contribution in [0.5, 0.6) is 5.75 Å². The number of nitrogens with zero attached hydrogens (tertiary/aromatic N) is 2. The molecule has 0 amide bonds. The van der Waals surface area contributed by atoms with E-state index in [2.05, 4.69) is 40.4 Å². The minimum Gasteiger partial charge on any atom is -0.494 e. The Morgan fingerprint density at radius 1 is 1.22 bits per heavy atom. The van der Waals surface area contributed by atoms with Gasteiger partial charge in [0.15, 0.2) is 5.96 Å². The number of para-hydroxylation sites is 1. The summed E-state index contributed by atoms with van der Waals surface area (Å²) in [5.41, 5.74) is 1.13. The summed E-state index contributed by atoms with van der Waals surface area (Å²) in [4.78, 5) is 6.88. The Labute approximate surface area is 181 Å². The van der Waals surface area contributed by atoms with Crippen LogP contribution < -0.4 is 15.4 Å². The summed E-state index contributed by atoms with van der Waals surface area (Å²) in [6.07, 6.45) is 0. The molecule has 1 atom stereocenters. The van der Waals surface area contributed by atoms with E-state index < -0.39 is 0 Å². The fourth-order valence-corrected chi connectivity index (χ4v) is 3.24. The van der Waals surface area contributed by atoms with Gasteiger partial charge in [-0.15, -0.1) is 24.0 Å².